The zero-order chi connectivity index (χ0) is 13.5. The molecule has 0 aromatic heterocycles. The molecule has 0 aliphatic carbocycles. The summed E-state index contributed by atoms with van der Waals surface area (Å²) in [5.74, 6) is -0.726. The van der Waals surface area contributed by atoms with E-state index in [0.717, 1.165) is 0 Å². The van der Waals surface area contributed by atoms with E-state index in [4.69, 9.17) is 16.7 Å². The quantitative estimate of drug-likeness (QED) is 0.732. The number of rotatable bonds is 5. The Morgan fingerprint density at radius 2 is 2.17 bits per heavy atom. The van der Waals surface area contributed by atoms with Crippen LogP contribution >= 0.6 is 11.6 Å². The molecule has 0 aliphatic rings. The second-order valence-electron chi connectivity index (χ2n) is 3.84. The van der Waals surface area contributed by atoms with E-state index < -0.39 is 0 Å². The number of hydrogen-bond donors (Lipinski definition) is 3. The number of carbonyl (C=O) groups excluding carboxylic acids is 2. The standard InChI is InChI=1S/C12H15ClN2O3/c1-8(7-16)15-11(17)6-14-12(18)9-3-2-4-10(13)5-9/h2-5,8,16H,6-7H2,1H3,(H,14,18)(H,15,17)/t8-/m0/s1. The molecule has 1 aromatic carbocycles. The fourth-order valence-corrected chi connectivity index (χ4v) is 1.45. The van der Waals surface area contributed by atoms with Gasteiger partial charge < -0.3 is 15.7 Å². The first-order valence-corrected chi connectivity index (χ1v) is 5.84. The van der Waals surface area contributed by atoms with Crippen molar-refractivity contribution in [1.82, 2.24) is 10.6 Å². The van der Waals surface area contributed by atoms with Crippen LogP contribution in [0.15, 0.2) is 24.3 Å². The summed E-state index contributed by atoms with van der Waals surface area (Å²) >= 11 is 5.75. The van der Waals surface area contributed by atoms with Crippen molar-refractivity contribution in [2.45, 2.75) is 13.0 Å². The lowest BCUT2D eigenvalue weighted by Crippen LogP contribution is -2.42. The minimum atomic E-state index is -0.371. The molecule has 0 saturated carbocycles. The predicted molar refractivity (Wildman–Crippen MR) is 68.5 cm³/mol. The number of benzene rings is 1. The normalized spacial score (nSPS) is 11.7. The van der Waals surface area contributed by atoms with E-state index in [1.165, 1.54) is 6.07 Å². The molecule has 18 heavy (non-hydrogen) atoms. The van der Waals surface area contributed by atoms with Crippen LogP contribution < -0.4 is 10.6 Å². The first kappa shape index (κ1) is 14.5. The van der Waals surface area contributed by atoms with Gasteiger partial charge in [0.15, 0.2) is 0 Å². The number of amides is 2. The van der Waals surface area contributed by atoms with E-state index in [-0.39, 0.29) is 31.0 Å². The molecule has 0 radical (unpaired) electrons. The van der Waals surface area contributed by atoms with Gasteiger partial charge in [0.1, 0.15) is 0 Å². The first-order chi connectivity index (χ1) is 8.52. The van der Waals surface area contributed by atoms with Crippen LogP contribution in [0.1, 0.15) is 17.3 Å². The van der Waals surface area contributed by atoms with Gasteiger partial charge in [-0.15, -0.1) is 0 Å². The Kier molecular flexibility index (Phi) is 5.61. The molecule has 0 heterocycles. The van der Waals surface area contributed by atoms with Crippen molar-refractivity contribution in [3.63, 3.8) is 0 Å². The fourth-order valence-electron chi connectivity index (χ4n) is 1.26. The summed E-state index contributed by atoms with van der Waals surface area (Å²) in [6, 6.07) is 6.11. The van der Waals surface area contributed by atoms with Crippen LogP contribution in [0, 0.1) is 0 Å². The second kappa shape index (κ2) is 6.98. The molecule has 0 fully saturated rings. The molecule has 5 nitrogen and oxygen atoms in total. The van der Waals surface area contributed by atoms with Gasteiger partial charge in [0.05, 0.1) is 13.2 Å². The van der Waals surface area contributed by atoms with Crippen molar-refractivity contribution in [3.05, 3.63) is 34.9 Å². The summed E-state index contributed by atoms with van der Waals surface area (Å²) in [5, 5.41) is 14.2. The van der Waals surface area contributed by atoms with Gasteiger partial charge in [0.2, 0.25) is 5.91 Å². The van der Waals surface area contributed by atoms with Gasteiger partial charge in [-0.25, -0.2) is 0 Å². The Morgan fingerprint density at radius 3 is 2.78 bits per heavy atom. The van der Waals surface area contributed by atoms with E-state index in [1.54, 1.807) is 25.1 Å². The van der Waals surface area contributed by atoms with Crippen molar-refractivity contribution in [3.8, 4) is 0 Å². The topological polar surface area (TPSA) is 78.4 Å². The maximum Gasteiger partial charge on any atom is 0.251 e. The molecule has 2 amide bonds. The Morgan fingerprint density at radius 1 is 1.44 bits per heavy atom. The molecule has 1 atom stereocenters. The molecule has 0 saturated heterocycles. The highest BCUT2D eigenvalue weighted by atomic mass is 35.5. The second-order valence-corrected chi connectivity index (χ2v) is 4.28. The maximum atomic E-state index is 11.7. The fraction of sp³-hybridized carbons (Fsp3) is 0.333. The zero-order valence-corrected chi connectivity index (χ0v) is 10.7. The van der Waals surface area contributed by atoms with E-state index in [0.29, 0.717) is 10.6 Å². The maximum absolute atomic E-state index is 11.7. The molecule has 0 unspecified atom stereocenters. The summed E-state index contributed by atoms with van der Waals surface area (Å²) < 4.78 is 0. The van der Waals surface area contributed by atoms with Crippen LogP contribution in [-0.2, 0) is 4.79 Å². The Hall–Kier alpha value is -1.59. The Balaban J connectivity index is 2.44. The van der Waals surface area contributed by atoms with Crippen molar-refractivity contribution < 1.29 is 14.7 Å². The smallest absolute Gasteiger partial charge is 0.251 e. The average Bonchev–Trinajstić information content (AvgIpc) is 2.35. The first-order valence-electron chi connectivity index (χ1n) is 5.47. The van der Waals surface area contributed by atoms with Gasteiger partial charge in [-0.3, -0.25) is 9.59 Å². The Labute approximate surface area is 110 Å². The van der Waals surface area contributed by atoms with Crippen molar-refractivity contribution in [2.75, 3.05) is 13.2 Å². The zero-order valence-electron chi connectivity index (χ0n) is 9.94. The van der Waals surface area contributed by atoms with Crippen LogP contribution in [0.3, 0.4) is 0 Å². The van der Waals surface area contributed by atoms with Crippen LogP contribution in [0.5, 0.6) is 0 Å². The Bertz CT molecular complexity index is 437. The number of hydrogen-bond acceptors (Lipinski definition) is 3. The van der Waals surface area contributed by atoms with Gasteiger partial charge in [-0.05, 0) is 25.1 Å². The number of aliphatic hydroxyl groups is 1. The van der Waals surface area contributed by atoms with Crippen molar-refractivity contribution in [1.29, 1.82) is 0 Å². The predicted octanol–water partition coefficient (Wildman–Crippen LogP) is 0.567. The van der Waals surface area contributed by atoms with Crippen LogP contribution in [0.4, 0.5) is 0 Å². The number of carbonyl (C=O) groups is 2. The van der Waals surface area contributed by atoms with E-state index in [2.05, 4.69) is 10.6 Å². The SMILES string of the molecule is C[C@@H](CO)NC(=O)CNC(=O)c1cccc(Cl)c1. The molecule has 0 aliphatic heterocycles. The third-order valence-corrected chi connectivity index (χ3v) is 2.41. The van der Waals surface area contributed by atoms with Crippen LogP contribution in [0.25, 0.3) is 0 Å². The summed E-state index contributed by atoms with van der Waals surface area (Å²) in [6.07, 6.45) is 0. The summed E-state index contributed by atoms with van der Waals surface area (Å²) in [5.41, 5.74) is 0.394. The molecule has 6 heteroatoms. The average molecular weight is 271 g/mol. The van der Waals surface area contributed by atoms with Crippen LogP contribution in [0.2, 0.25) is 5.02 Å². The highest BCUT2D eigenvalue weighted by molar-refractivity contribution is 6.30. The van der Waals surface area contributed by atoms with Crippen molar-refractivity contribution >= 4 is 23.4 Å². The number of halogens is 1. The third kappa shape index (κ3) is 4.73. The monoisotopic (exact) mass is 270 g/mol. The molecule has 1 rings (SSSR count). The van der Waals surface area contributed by atoms with E-state index in [9.17, 15) is 9.59 Å². The minimum Gasteiger partial charge on any atom is -0.394 e. The van der Waals surface area contributed by atoms with Crippen LogP contribution in [-0.4, -0.2) is 36.1 Å². The summed E-state index contributed by atoms with van der Waals surface area (Å²) in [7, 11) is 0. The molecule has 3 N–H and O–H groups in total. The minimum absolute atomic E-state index is 0.143. The lowest BCUT2D eigenvalue weighted by Gasteiger charge is -2.11. The highest BCUT2D eigenvalue weighted by Gasteiger charge is 2.09. The van der Waals surface area contributed by atoms with Crippen molar-refractivity contribution in [2.24, 2.45) is 0 Å². The molecular weight excluding hydrogens is 256 g/mol. The van der Waals surface area contributed by atoms with Gasteiger partial charge in [-0.1, -0.05) is 17.7 Å². The molecule has 1 aromatic rings. The lowest BCUT2D eigenvalue weighted by atomic mass is 10.2. The molecule has 0 bridgehead atoms. The lowest BCUT2D eigenvalue weighted by molar-refractivity contribution is -0.121. The van der Waals surface area contributed by atoms with E-state index >= 15 is 0 Å². The molecule has 98 valence electrons. The number of nitrogens with one attached hydrogen (secondary N) is 2. The molecule has 0 spiro atoms. The van der Waals surface area contributed by atoms with Gasteiger partial charge in [0, 0.05) is 16.6 Å². The summed E-state index contributed by atoms with van der Waals surface area (Å²) in [6.45, 7) is 1.38. The largest absolute Gasteiger partial charge is 0.394 e. The van der Waals surface area contributed by atoms with E-state index in [1.807, 2.05) is 0 Å². The number of aliphatic hydroxyl groups excluding tert-OH is 1. The van der Waals surface area contributed by atoms with Gasteiger partial charge in [-0.2, -0.15) is 0 Å². The molecular formula is C12H15ClN2O3. The highest BCUT2D eigenvalue weighted by Crippen LogP contribution is 2.10. The van der Waals surface area contributed by atoms with Gasteiger partial charge in [0.25, 0.3) is 5.91 Å². The third-order valence-electron chi connectivity index (χ3n) is 2.18. The van der Waals surface area contributed by atoms with Gasteiger partial charge >= 0.3 is 0 Å². The summed E-state index contributed by atoms with van der Waals surface area (Å²) in [4.78, 5) is 23.0.